The Morgan fingerprint density at radius 2 is 1.67 bits per heavy atom. The maximum atomic E-state index is 12.2. The van der Waals surface area contributed by atoms with Crippen molar-refractivity contribution in [3.8, 4) is 5.75 Å². The zero-order valence-electron chi connectivity index (χ0n) is 17.4. The lowest BCUT2D eigenvalue weighted by Gasteiger charge is -2.45. The fourth-order valence-electron chi connectivity index (χ4n) is 4.48. The van der Waals surface area contributed by atoms with Crippen molar-refractivity contribution < 1.29 is 14.6 Å². The number of likely N-dealkylation sites (tertiary alicyclic amines) is 1. The molecule has 0 saturated carbocycles. The average Bonchev–Trinajstić information content (AvgIpc) is 2.50. The molecule has 0 spiro atoms. The summed E-state index contributed by atoms with van der Waals surface area (Å²) >= 11 is 0. The summed E-state index contributed by atoms with van der Waals surface area (Å²) in [5.74, 6) is 1.79. The van der Waals surface area contributed by atoms with E-state index in [1.165, 1.54) is 12.1 Å². The molecule has 27 heavy (non-hydrogen) atoms. The first-order chi connectivity index (χ1) is 12.6. The summed E-state index contributed by atoms with van der Waals surface area (Å²) in [6, 6.07) is 3.70. The van der Waals surface area contributed by atoms with Crippen LogP contribution in [0.5, 0.6) is 5.75 Å². The number of ether oxygens (including phenoxy) is 1. The SMILES string of the molecule is Cc1cc(O)cc(C)c1N1CC(CC2CCN(C(=O)OC(C)(C)C)CC2)C1. The lowest BCUT2D eigenvalue weighted by molar-refractivity contribution is 0.0174. The lowest BCUT2D eigenvalue weighted by Crippen LogP contribution is -2.49. The van der Waals surface area contributed by atoms with Crippen LogP contribution in [0.2, 0.25) is 0 Å². The van der Waals surface area contributed by atoms with E-state index in [4.69, 9.17) is 4.74 Å². The van der Waals surface area contributed by atoms with E-state index in [0.29, 0.717) is 11.7 Å². The number of piperidine rings is 1. The third kappa shape index (κ3) is 4.88. The number of phenols is 1. The highest BCUT2D eigenvalue weighted by Crippen LogP contribution is 2.36. The number of hydrogen-bond acceptors (Lipinski definition) is 4. The van der Waals surface area contributed by atoms with E-state index in [2.05, 4.69) is 18.7 Å². The molecule has 0 unspecified atom stereocenters. The Hall–Kier alpha value is -1.91. The van der Waals surface area contributed by atoms with Crippen molar-refractivity contribution in [3.63, 3.8) is 0 Å². The largest absolute Gasteiger partial charge is 0.508 e. The fraction of sp³-hybridized carbons (Fsp3) is 0.682. The first-order valence-electron chi connectivity index (χ1n) is 10.2. The standard InChI is InChI=1S/C22H34N2O3/c1-15-10-19(25)11-16(2)20(15)24-13-18(14-24)12-17-6-8-23(9-7-17)21(26)27-22(3,4)5/h10-11,17-18,25H,6-9,12-14H2,1-5H3. The number of anilines is 1. The molecule has 2 heterocycles. The maximum Gasteiger partial charge on any atom is 0.410 e. The molecule has 0 atom stereocenters. The van der Waals surface area contributed by atoms with E-state index in [0.717, 1.165) is 56.1 Å². The molecular formula is C22H34N2O3. The Labute approximate surface area is 163 Å². The van der Waals surface area contributed by atoms with Crippen LogP contribution in [0.1, 0.15) is 51.2 Å². The minimum Gasteiger partial charge on any atom is -0.508 e. The van der Waals surface area contributed by atoms with Crippen LogP contribution < -0.4 is 4.90 Å². The molecule has 0 aromatic heterocycles. The number of nitrogens with zero attached hydrogens (tertiary/aromatic N) is 2. The van der Waals surface area contributed by atoms with Crippen molar-refractivity contribution in [2.75, 3.05) is 31.1 Å². The normalized spacial score (nSPS) is 19.1. The van der Waals surface area contributed by atoms with E-state index in [9.17, 15) is 9.90 Å². The Kier molecular flexibility index (Phi) is 5.59. The van der Waals surface area contributed by atoms with Crippen LogP contribution in [-0.4, -0.2) is 47.9 Å². The molecule has 5 nitrogen and oxygen atoms in total. The predicted octanol–water partition coefficient (Wildman–Crippen LogP) is 4.48. The molecule has 2 saturated heterocycles. The summed E-state index contributed by atoms with van der Waals surface area (Å²) in [6.07, 6.45) is 3.23. The predicted molar refractivity (Wildman–Crippen MR) is 108 cm³/mol. The second-order valence-corrected chi connectivity index (χ2v) is 9.35. The van der Waals surface area contributed by atoms with Gasteiger partial charge in [0, 0.05) is 31.9 Å². The van der Waals surface area contributed by atoms with E-state index in [-0.39, 0.29) is 6.09 Å². The van der Waals surface area contributed by atoms with E-state index in [1.807, 2.05) is 37.8 Å². The van der Waals surface area contributed by atoms with Gasteiger partial charge in [-0.2, -0.15) is 0 Å². The molecule has 1 N–H and O–H groups in total. The number of carbonyl (C=O) groups excluding carboxylic acids is 1. The summed E-state index contributed by atoms with van der Waals surface area (Å²) < 4.78 is 5.48. The summed E-state index contributed by atoms with van der Waals surface area (Å²) in [6.45, 7) is 13.7. The molecule has 5 heteroatoms. The van der Waals surface area contributed by atoms with Crippen molar-refractivity contribution in [2.45, 2.75) is 59.5 Å². The van der Waals surface area contributed by atoms with Crippen LogP contribution in [0.25, 0.3) is 0 Å². The molecule has 0 radical (unpaired) electrons. The molecule has 0 aliphatic carbocycles. The van der Waals surface area contributed by atoms with Gasteiger partial charge < -0.3 is 19.6 Å². The molecule has 1 aromatic rings. The number of aryl methyl sites for hydroxylation is 2. The zero-order valence-corrected chi connectivity index (χ0v) is 17.4. The summed E-state index contributed by atoms with van der Waals surface area (Å²) in [5, 5.41) is 9.73. The number of aromatic hydroxyl groups is 1. The minimum absolute atomic E-state index is 0.172. The molecule has 2 aliphatic rings. The highest BCUT2D eigenvalue weighted by atomic mass is 16.6. The van der Waals surface area contributed by atoms with Gasteiger partial charge in [0.1, 0.15) is 11.4 Å². The molecular weight excluding hydrogens is 340 g/mol. The van der Waals surface area contributed by atoms with Crippen LogP contribution in [0, 0.1) is 25.7 Å². The second-order valence-electron chi connectivity index (χ2n) is 9.35. The van der Waals surface area contributed by atoms with Crippen LogP contribution in [0.4, 0.5) is 10.5 Å². The number of carbonyl (C=O) groups is 1. The Balaban J connectivity index is 1.44. The van der Waals surface area contributed by atoms with E-state index in [1.54, 1.807) is 0 Å². The minimum atomic E-state index is -0.423. The first-order valence-corrected chi connectivity index (χ1v) is 10.2. The molecule has 2 fully saturated rings. The monoisotopic (exact) mass is 374 g/mol. The van der Waals surface area contributed by atoms with E-state index < -0.39 is 5.60 Å². The summed E-state index contributed by atoms with van der Waals surface area (Å²) in [7, 11) is 0. The van der Waals surface area contributed by atoms with Crippen LogP contribution in [0.3, 0.4) is 0 Å². The Bertz CT molecular complexity index is 658. The fourth-order valence-corrected chi connectivity index (χ4v) is 4.48. The van der Waals surface area contributed by atoms with Crippen molar-refractivity contribution >= 4 is 11.8 Å². The van der Waals surface area contributed by atoms with Gasteiger partial charge in [0.2, 0.25) is 0 Å². The third-order valence-corrected chi connectivity index (χ3v) is 5.68. The molecule has 0 bridgehead atoms. The maximum absolute atomic E-state index is 12.2. The van der Waals surface area contributed by atoms with Gasteiger partial charge in [0.05, 0.1) is 0 Å². The van der Waals surface area contributed by atoms with Crippen LogP contribution in [0.15, 0.2) is 12.1 Å². The van der Waals surface area contributed by atoms with Crippen molar-refractivity contribution in [3.05, 3.63) is 23.3 Å². The molecule has 1 amide bonds. The van der Waals surface area contributed by atoms with Crippen LogP contribution in [-0.2, 0) is 4.74 Å². The Morgan fingerprint density at radius 3 is 2.19 bits per heavy atom. The van der Waals surface area contributed by atoms with Gasteiger partial charge in [-0.05, 0) is 89.0 Å². The van der Waals surface area contributed by atoms with Crippen LogP contribution >= 0.6 is 0 Å². The van der Waals surface area contributed by atoms with Gasteiger partial charge in [-0.15, -0.1) is 0 Å². The summed E-state index contributed by atoms with van der Waals surface area (Å²) in [5.41, 5.74) is 3.16. The third-order valence-electron chi connectivity index (χ3n) is 5.68. The number of amides is 1. The Morgan fingerprint density at radius 1 is 1.11 bits per heavy atom. The van der Waals surface area contributed by atoms with Crippen molar-refractivity contribution in [1.82, 2.24) is 4.90 Å². The van der Waals surface area contributed by atoms with Gasteiger partial charge >= 0.3 is 6.09 Å². The number of rotatable bonds is 3. The first kappa shape index (κ1) is 19.8. The van der Waals surface area contributed by atoms with Gasteiger partial charge in [0.25, 0.3) is 0 Å². The quantitative estimate of drug-likeness (QED) is 0.847. The highest BCUT2D eigenvalue weighted by Gasteiger charge is 2.33. The number of hydrogen-bond donors (Lipinski definition) is 1. The smallest absolute Gasteiger partial charge is 0.410 e. The molecule has 2 aliphatic heterocycles. The molecule has 1 aromatic carbocycles. The topological polar surface area (TPSA) is 53.0 Å². The molecule has 3 rings (SSSR count). The average molecular weight is 375 g/mol. The number of phenolic OH excluding ortho intramolecular Hbond substituents is 1. The zero-order chi connectivity index (χ0) is 19.8. The van der Waals surface area contributed by atoms with Gasteiger partial charge in [-0.25, -0.2) is 4.79 Å². The van der Waals surface area contributed by atoms with Gasteiger partial charge in [-0.3, -0.25) is 0 Å². The van der Waals surface area contributed by atoms with Gasteiger partial charge in [0.15, 0.2) is 0 Å². The van der Waals surface area contributed by atoms with E-state index >= 15 is 0 Å². The second kappa shape index (κ2) is 7.61. The lowest BCUT2D eigenvalue weighted by atomic mass is 9.83. The summed E-state index contributed by atoms with van der Waals surface area (Å²) in [4.78, 5) is 16.5. The van der Waals surface area contributed by atoms with Gasteiger partial charge in [-0.1, -0.05) is 0 Å². The van der Waals surface area contributed by atoms with Crippen molar-refractivity contribution in [2.24, 2.45) is 11.8 Å². The van der Waals surface area contributed by atoms with Crippen molar-refractivity contribution in [1.29, 1.82) is 0 Å². The number of benzene rings is 1. The highest BCUT2D eigenvalue weighted by molar-refractivity contribution is 5.68. The molecule has 150 valence electrons.